The third kappa shape index (κ3) is 2.21. The largest absolute Gasteiger partial charge is 0.497 e. The van der Waals surface area contributed by atoms with E-state index in [0.29, 0.717) is 11.4 Å². The second kappa shape index (κ2) is 5.80. The Labute approximate surface area is 148 Å². The van der Waals surface area contributed by atoms with Crippen LogP contribution in [0.1, 0.15) is 27.1 Å². The summed E-state index contributed by atoms with van der Waals surface area (Å²) in [5, 5.41) is 0. The highest BCUT2D eigenvalue weighted by atomic mass is 16.5. The fraction of sp³-hybridized carbons (Fsp3) is 0.158. The van der Waals surface area contributed by atoms with Gasteiger partial charge in [0, 0.05) is 0 Å². The van der Waals surface area contributed by atoms with Crippen molar-refractivity contribution in [3.05, 3.63) is 59.7 Å². The van der Waals surface area contributed by atoms with Crippen LogP contribution in [0.5, 0.6) is 5.75 Å². The molecule has 2 aliphatic rings. The van der Waals surface area contributed by atoms with Gasteiger partial charge in [-0.2, -0.15) is 0 Å². The molecule has 0 aliphatic carbocycles. The van der Waals surface area contributed by atoms with Crippen molar-refractivity contribution in [3.63, 3.8) is 0 Å². The van der Waals surface area contributed by atoms with E-state index in [9.17, 15) is 19.2 Å². The molecule has 0 radical (unpaired) electrons. The van der Waals surface area contributed by atoms with E-state index >= 15 is 0 Å². The summed E-state index contributed by atoms with van der Waals surface area (Å²) in [6, 6.07) is 11.7. The van der Waals surface area contributed by atoms with Gasteiger partial charge in [-0.1, -0.05) is 12.1 Å². The molecule has 7 nitrogen and oxygen atoms in total. The second-order valence-corrected chi connectivity index (χ2v) is 6.01. The Morgan fingerprint density at radius 3 is 2.00 bits per heavy atom. The number of hydrogen-bond acceptors (Lipinski definition) is 5. The van der Waals surface area contributed by atoms with Crippen LogP contribution in [0.25, 0.3) is 0 Å². The van der Waals surface area contributed by atoms with Gasteiger partial charge < -0.3 is 4.74 Å². The molecule has 0 aromatic heterocycles. The van der Waals surface area contributed by atoms with Crippen molar-refractivity contribution in [1.29, 1.82) is 0 Å². The number of carbonyl (C=O) groups is 4. The van der Waals surface area contributed by atoms with Crippen molar-refractivity contribution in [2.24, 2.45) is 0 Å². The fourth-order valence-corrected chi connectivity index (χ4v) is 3.31. The lowest BCUT2D eigenvalue weighted by Crippen LogP contribution is -2.45. The molecule has 0 N–H and O–H groups in total. The maximum atomic E-state index is 12.8. The highest BCUT2D eigenvalue weighted by Crippen LogP contribution is 2.32. The van der Waals surface area contributed by atoms with Gasteiger partial charge in [0.1, 0.15) is 11.8 Å². The van der Waals surface area contributed by atoms with Gasteiger partial charge in [0.05, 0.1) is 30.3 Å². The van der Waals surface area contributed by atoms with Crippen molar-refractivity contribution in [1.82, 2.24) is 4.90 Å². The van der Waals surface area contributed by atoms with Gasteiger partial charge in [-0.15, -0.1) is 0 Å². The van der Waals surface area contributed by atoms with E-state index in [1.54, 1.807) is 36.4 Å². The van der Waals surface area contributed by atoms with Gasteiger partial charge in [0.15, 0.2) is 0 Å². The summed E-state index contributed by atoms with van der Waals surface area (Å²) >= 11 is 0. The van der Waals surface area contributed by atoms with Crippen molar-refractivity contribution in [3.8, 4) is 5.75 Å². The van der Waals surface area contributed by atoms with Crippen LogP contribution in [-0.2, 0) is 9.59 Å². The molecule has 2 aromatic carbocycles. The number of fused-ring (bicyclic) bond motifs is 1. The normalized spacial score (nSPS) is 19.3. The number of imide groups is 2. The average Bonchev–Trinajstić information content (AvgIpc) is 3.09. The quantitative estimate of drug-likeness (QED) is 0.786. The van der Waals surface area contributed by atoms with Crippen molar-refractivity contribution in [2.75, 3.05) is 12.0 Å². The zero-order chi connectivity index (χ0) is 18.4. The molecule has 0 spiro atoms. The third-order valence-corrected chi connectivity index (χ3v) is 4.59. The van der Waals surface area contributed by atoms with E-state index in [1.807, 2.05) is 0 Å². The first-order chi connectivity index (χ1) is 12.5. The molecule has 130 valence electrons. The minimum absolute atomic E-state index is 0.226. The molecule has 4 rings (SSSR count). The number of anilines is 1. The van der Waals surface area contributed by atoms with Crippen LogP contribution in [0.2, 0.25) is 0 Å². The van der Waals surface area contributed by atoms with Gasteiger partial charge in [-0.3, -0.25) is 24.1 Å². The molecule has 1 atom stereocenters. The molecule has 7 heteroatoms. The van der Waals surface area contributed by atoms with E-state index in [0.717, 1.165) is 9.80 Å². The monoisotopic (exact) mass is 350 g/mol. The Morgan fingerprint density at radius 1 is 0.885 bits per heavy atom. The number of hydrogen-bond donors (Lipinski definition) is 0. The number of carbonyl (C=O) groups excluding carboxylic acids is 4. The van der Waals surface area contributed by atoms with Crippen LogP contribution in [0.15, 0.2) is 48.5 Å². The van der Waals surface area contributed by atoms with E-state index < -0.39 is 29.7 Å². The van der Waals surface area contributed by atoms with Gasteiger partial charge >= 0.3 is 0 Å². The standard InChI is InChI=1S/C19H14N2O5/c1-26-12-8-6-11(7-9-12)20-16(22)10-15(19(20)25)21-17(23)13-4-2-3-5-14(13)18(21)24/h2-9,15H,10H2,1H3/t15-/m1/s1. The zero-order valence-electron chi connectivity index (χ0n) is 13.8. The Bertz CT molecular complexity index is 916. The topological polar surface area (TPSA) is 84.0 Å². The van der Waals surface area contributed by atoms with E-state index in [2.05, 4.69) is 0 Å². The second-order valence-electron chi connectivity index (χ2n) is 6.01. The molecular weight excluding hydrogens is 336 g/mol. The maximum absolute atomic E-state index is 12.8. The highest BCUT2D eigenvalue weighted by molar-refractivity contribution is 6.28. The Morgan fingerprint density at radius 2 is 1.46 bits per heavy atom. The molecule has 0 bridgehead atoms. The SMILES string of the molecule is COc1ccc(N2C(=O)C[C@@H](N3C(=O)c4ccccc4C3=O)C2=O)cc1. The van der Waals surface area contributed by atoms with Crippen molar-refractivity contribution >= 4 is 29.3 Å². The molecule has 4 amide bonds. The predicted molar refractivity (Wildman–Crippen MR) is 90.8 cm³/mol. The van der Waals surface area contributed by atoms with Gasteiger partial charge in [0.2, 0.25) is 5.91 Å². The van der Waals surface area contributed by atoms with Gasteiger partial charge in [-0.05, 0) is 36.4 Å². The van der Waals surface area contributed by atoms with E-state index in [-0.39, 0.29) is 17.5 Å². The first-order valence-corrected chi connectivity index (χ1v) is 8.00. The number of methoxy groups -OCH3 is 1. The summed E-state index contributed by atoms with van der Waals surface area (Å²) in [5.74, 6) is -1.55. The summed E-state index contributed by atoms with van der Waals surface area (Å²) in [6.07, 6.45) is -0.226. The summed E-state index contributed by atoms with van der Waals surface area (Å²) in [7, 11) is 1.51. The van der Waals surface area contributed by atoms with Gasteiger partial charge in [-0.25, -0.2) is 4.90 Å². The first kappa shape index (κ1) is 16.0. The van der Waals surface area contributed by atoms with Gasteiger partial charge in [0.25, 0.3) is 17.7 Å². The first-order valence-electron chi connectivity index (χ1n) is 8.00. The summed E-state index contributed by atoms with van der Waals surface area (Å²) in [5.41, 5.74) is 0.876. The molecule has 1 fully saturated rings. The minimum Gasteiger partial charge on any atom is -0.497 e. The molecule has 2 aromatic rings. The fourth-order valence-electron chi connectivity index (χ4n) is 3.31. The Kier molecular flexibility index (Phi) is 3.57. The van der Waals surface area contributed by atoms with Crippen molar-refractivity contribution in [2.45, 2.75) is 12.5 Å². The minimum atomic E-state index is -1.13. The summed E-state index contributed by atoms with van der Waals surface area (Å²) in [6.45, 7) is 0. The Hall–Kier alpha value is -3.48. The molecule has 2 aliphatic heterocycles. The molecule has 26 heavy (non-hydrogen) atoms. The number of nitrogens with zero attached hydrogens (tertiary/aromatic N) is 2. The number of benzene rings is 2. The Balaban J connectivity index is 1.66. The highest BCUT2D eigenvalue weighted by Gasteiger charge is 2.50. The van der Waals surface area contributed by atoms with Crippen LogP contribution in [-0.4, -0.2) is 41.7 Å². The van der Waals surface area contributed by atoms with E-state index in [4.69, 9.17) is 4.74 Å². The predicted octanol–water partition coefficient (Wildman–Crippen LogP) is 1.62. The number of ether oxygens (including phenoxy) is 1. The zero-order valence-corrected chi connectivity index (χ0v) is 13.8. The number of rotatable bonds is 3. The lowest BCUT2D eigenvalue weighted by Gasteiger charge is -2.20. The van der Waals surface area contributed by atoms with E-state index in [1.165, 1.54) is 19.2 Å². The number of amides is 4. The molecule has 1 saturated heterocycles. The van der Waals surface area contributed by atoms with Crippen LogP contribution in [0, 0.1) is 0 Å². The molecular formula is C19H14N2O5. The lowest BCUT2D eigenvalue weighted by atomic mass is 10.1. The van der Waals surface area contributed by atoms with Crippen LogP contribution in [0.4, 0.5) is 5.69 Å². The average molecular weight is 350 g/mol. The molecule has 2 heterocycles. The lowest BCUT2D eigenvalue weighted by molar-refractivity contribution is -0.122. The van der Waals surface area contributed by atoms with Crippen LogP contribution in [0.3, 0.4) is 0 Å². The summed E-state index contributed by atoms with van der Waals surface area (Å²) < 4.78 is 5.07. The molecule has 0 unspecified atom stereocenters. The van der Waals surface area contributed by atoms with Crippen molar-refractivity contribution < 1.29 is 23.9 Å². The summed E-state index contributed by atoms with van der Waals surface area (Å²) in [4.78, 5) is 52.3. The van der Waals surface area contributed by atoms with Crippen LogP contribution < -0.4 is 9.64 Å². The third-order valence-electron chi connectivity index (χ3n) is 4.59. The van der Waals surface area contributed by atoms with Crippen LogP contribution >= 0.6 is 0 Å². The maximum Gasteiger partial charge on any atom is 0.262 e. The smallest absolute Gasteiger partial charge is 0.262 e. The molecule has 0 saturated carbocycles.